The number of rotatable bonds is 4. The van der Waals surface area contributed by atoms with Crippen LogP contribution >= 0.6 is 0 Å². The third kappa shape index (κ3) is 3.09. The van der Waals surface area contributed by atoms with Crippen LogP contribution < -0.4 is 16.4 Å². The number of aliphatic hydroxyl groups is 2. The number of aromatic nitrogens is 5. The Hall–Kier alpha value is -3.58. The summed E-state index contributed by atoms with van der Waals surface area (Å²) in [5.74, 6) is -0.305. The second-order valence-electron chi connectivity index (χ2n) is 7.20. The number of aromatic amines is 1. The zero-order valence-corrected chi connectivity index (χ0v) is 16.0. The monoisotopic (exact) mass is 424 g/mol. The van der Waals surface area contributed by atoms with Gasteiger partial charge in [-0.1, -0.05) is 18.2 Å². The van der Waals surface area contributed by atoms with Crippen molar-refractivity contribution in [1.29, 1.82) is 0 Å². The van der Waals surface area contributed by atoms with Crippen LogP contribution in [0.2, 0.25) is 0 Å². The number of hydrogen-bond acceptors (Lipinski definition) is 10. The summed E-state index contributed by atoms with van der Waals surface area (Å²) in [7, 11) is 0. The molecule has 1 aliphatic heterocycles. The van der Waals surface area contributed by atoms with Crippen LogP contribution in [0.5, 0.6) is 0 Å². The number of fused-ring (bicyclic) bond motifs is 2. The van der Waals surface area contributed by atoms with Crippen LogP contribution in [0.25, 0.3) is 22.1 Å². The number of ether oxygens (including phenoxy) is 1. The minimum Gasteiger partial charge on any atom is -0.752 e. The van der Waals surface area contributed by atoms with Gasteiger partial charge >= 0.3 is 0 Å². The smallest absolute Gasteiger partial charge is 0.280 e. The van der Waals surface area contributed by atoms with E-state index in [0.717, 1.165) is 0 Å². The van der Waals surface area contributed by atoms with Gasteiger partial charge < -0.3 is 31.0 Å². The van der Waals surface area contributed by atoms with Crippen molar-refractivity contribution in [3.63, 3.8) is 0 Å². The lowest BCUT2D eigenvalue weighted by Gasteiger charge is -2.29. The van der Waals surface area contributed by atoms with E-state index in [4.69, 9.17) is 10.5 Å². The van der Waals surface area contributed by atoms with Gasteiger partial charge in [-0.05, 0) is 6.07 Å². The SMILES string of the molecule is Nc1c(N([O-])c2nc3c(ncn3[C@H]3C[C@H](O)[C@@H](CO)O3)c(=O)[nH]2)cnc2ccccc12. The van der Waals surface area contributed by atoms with Crippen molar-refractivity contribution in [2.24, 2.45) is 0 Å². The molecule has 1 fully saturated rings. The van der Waals surface area contributed by atoms with E-state index in [1.54, 1.807) is 24.3 Å². The summed E-state index contributed by atoms with van der Waals surface area (Å²) in [6, 6.07) is 7.09. The van der Waals surface area contributed by atoms with Gasteiger partial charge in [-0.25, -0.2) is 4.98 Å². The second kappa shape index (κ2) is 7.28. The van der Waals surface area contributed by atoms with Gasteiger partial charge in [0.05, 0.1) is 42.1 Å². The summed E-state index contributed by atoms with van der Waals surface area (Å²) in [6.07, 6.45) is 0.482. The molecule has 0 amide bonds. The van der Waals surface area contributed by atoms with Crippen LogP contribution in [0.4, 0.5) is 17.3 Å². The predicted molar refractivity (Wildman–Crippen MR) is 111 cm³/mol. The number of nitrogens with one attached hydrogen (secondary N) is 1. The van der Waals surface area contributed by atoms with Gasteiger partial charge in [0.25, 0.3) is 5.56 Å². The number of nitrogen functional groups attached to an aromatic ring is 1. The van der Waals surface area contributed by atoms with E-state index in [-0.39, 0.29) is 41.5 Å². The molecule has 1 aromatic carbocycles. The average molecular weight is 424 g/mol. The number of nitrogens with two attached hydrogens (primary N) is 1. The molecular formula is C19H18N7O5-. The summed E-state index contributed by atoms with van der Waals surface area (Å²) in [5, 5.41) is 33.3. The molecule has 4 heterocycles. The number of anilines is 3. The number of aliphatic hydroxyl groups excluding tert-OH is 2. The minimum atomic E-state index is -0.881. The van der Waals surface area contributed by atoms with Gasteiger partial charge in [0.15, 0.2) is 11.2 Å². The number of imidazole rings is 1. The lowest BCUT2D eigenvalue weighted by molar-refractivity contribution is -0.0432. The first-order valence-electron chi connectivity index (χ1n) is 9.49. The number of H-pyrrole nitrogens is 1. The topological polar surface area (TPSA) is 178 Å². The Morgan fingerprint density at radius 3 is 2.94 bits per heavy atom. The summed E-state index contributed by atoms with van der Waals surface area (Å²) < 4.78 is 7.06. The molecule has 0 spiro atoms. The third-order valence-electron chi connectivity index (χ3n) is 5.32. The van der Waals surface area contributed by atoms with Crippen molar-refractivity contribution in [2.45, 2.75) is 24.9 Å². The first kappa shape index (κ1) is 19.4. The van der Waals surface area contributed by atoms with E-state index in [9.17, 15) is 20.2 Å². The van der Waals surface area contributed by atoms with E-state index in [1.807, 2.05) is 0 Å². The van der Waals surface area contributed by atoms with E-state index in [2.05, 4.69) is 19.9 Å². The van der Waals surface area contributed by atoms with Crippen molar-refractivity contribution < 1.29 is 14.9 Å². The lowest BCUT2D eigenvalue weighted by atomic mass is 10.1. The highest BCUT2D eigenvalue weighted by Gasteiger charge is 2.35. The molecule has 0 unspecified atom stereocenters. The van der Waals surface area contributed by atoms with Crippen LogP contribution in [0.15, 0.2) is 41.6 Å². The highest BCUT2D eigenvalue weighted by atomic mass is 16.5. The maximum atomic E-state index is 13.0. The molecule has 3 atom stereocenters. The second-order valence-corrected chi connectivity index (χ2v) is 7.20. The number of hydrogen-bond donors (Lipinski definition) is 4. The molecule has 0 saturated carbocycles. The quantitative estimate of drug-likeness (QED) is 0.338. The molecule has 0 radical (unpaired) electrons. The third-order valence-corrected chi connectivity index (χ3v) is 5.32. The summed E-state index contributed by atoms with van der Waals surface area (Å²) in [4.78, 5) is 27.5. The lowest BCUT2D eigenvalue weighted by Crippen LogP contribution is -2.24. The zero-order valence-electron chi connectivity index (χ0n) is 16.0. The number of pyridine rings is 1. The fourth-order valence-electron chi connectivity index (χ4n) is 3.70. The number of para-hydroxylation sites is 1. The minimum absolute atomic E-state index is 0.00676. The molecule has 3 aromatic heterocycles. The average Bonchev–Trinajstić information content (AvgIpc) is 3.37. The molecule has 0 bridgehead atoms. The molecule has 5 N–H and O–H groups in total. The summed E-state index contributed by atoms with van der Waals surface area (Å²) in [6.45, 7) is -0.355. The largest absolute Gasteiger partial charge is 0.752 e. The Morgan fingerprint density at radius 1 is 1.35 bits per heavy atom. The molecule has 4 aromatic rings. The maximum absolute atomic E-state index is 13.0. The molecule has 12 nitrogen and oxygen atoms in total. The standard InChI is InChI=1S/C19H18N7O5/c20-15-9-3-1-2-4-10(9)21-6-11(15)26(30)19-23-17-16(18(29)24-19)22-8-25(17)14-5-12(28)13(7-27)31-14/h1-4,6,8,12-14,27-28H,5,7H2,(H2,20,21)(H,23,24,29)/q-1/t12-,13+,14+/m0/s1. The molecule has 1 aliphatic rings. The van der Waals surface area contributed by atoms with E-state index >= 15 is 0 Å². The van der Waals surface area contributed by atoms with Gasteiger partial charge in [-0.3, -0.25) is 19.3 Å². The summed E-state index contributed by atoms with van der Waals surface area (Å²) >= 11 is 0. The molecule has 0 aliphatic carbocycles. The normalized spacial score (nSPS) is 21.2. The van der Waals surface area contributed by atoms with Gasteiger partial charge in [0, 0.05) is 11.8 Å². The van der Waals surface area contributed by atoms with Crippen LogP contribution in [0.3, 0.4) is 0 Å². The highest BCUT2D eigenvalue weighted by molar-refractivity contribution is 5.97. The Balaban J connectivity index is 1.58. The van der Waals surface area contributed by atoms with Crippen molar-refractivity contribution in [3.8, 4) is 0 Å². The van der Waals surface area contributed by atoms with Gasteiger partial charge in [-0.2, -0.15) is 4.98 Å². The van der Waals surface area contributed by atoms with Crippen LogP contribution in [-0.4, -0.2) is 53.5 Å². The Labute approximate surface area is 174 Å². The Bertz CT molecular complexity index is 1340. The van der Waals surface area contributed by atoms with E-state index < -0.39 is 24.0 Å². The fraction of sp³-hybridized carbons (Fsp3) is 0.263. The van der Waals surface area contributed by atoms with Gasteiger partial charge in [0.1, 0.15) is 12.3 Å². The van der Waals surface area contributed by atoms with Crippen LogP contribution in [0.1, 0.15) is 12.6 Å². The fourth-order valence-corrected chi connectivity index (χ4v) is 3.70. The highest BCUT2D eigenvalue weighted by Crippen LogP contribution is 2.33. The first-order valence-corrected chi connectivity index (χ1v) is 9.49. The van der Waals surface area contributed by atoms with E-state index in [0.29, 0.717) is 16.0 Å². The van der Waals surface area contributed by atoms with Crippen molar-refractivity contribution in [2.75, 3.05) is 17.4 Å². The predicted octanol–water partition coefficient (Wildman–Crippen LogP) is 0.527. The van der Waals surface area contributed by atoms with Crippen molar-refractivity contribution >= 4 is 39.4 Å². The molecule has 1 saturated heterocycles. The maximum Gasteiger partial charge on any atom is 0.280 e. The summed E-state index contributed by atoms with van der Waals surface area (Å²) in [5.41, 5.74) is 6.51. The van der Waals surface area contributed by atoms with Crippen molar-refractivity contribution in [3.05, 3.63) is 52.4 Å². The van der Waals surface area contributed by atoms with Gasteiger partial charge in [0.2, 0.25) is 5.95 Å². The van der Waals surface area contributed by atoms with E-state index in [1.165, 1.54) is 17.1 Å². The molecular weight excluding hydrogens is 406 g/mol. The molecule has 5 rings (SSSR count). The van der Waals surface area contributed by atoms with Crippen LogP contribution in [-0.2, 0) is 4.74 Å². The number of nitrogens with zero attached hydrogens (tertiary/aromatic N) is 5. The zero-order chi connectivity index (χ0) is 21.7. The molecule has 160 valence electrons. The number of benzene rings is 1. The van der Waals surface area contributed by atoms with Crippen molar-refractivity contribution in [1.82, 2.24) is 24.5 Å². The van der Waals surface area contributed by atoms with Crippen LogP contribution in [0, 0.1) is 5.21 Å². The van der Waals surface area contributed by atoms with Gasteiger partial charge in [-0.15, -0.1) is 0 Å². The Kier molecular flexibility index (Phi) is 4.55. The Morgan fingerprint density at radius 2 is 2.16 bits per heavy atom. The molecule has 31 heavy (non-hydrogen) atoms. The molecule has 12 heteroatoms. The first-order chi connectivity index (χ1) is 15.0.